The predicted octanol–water partition coefficient (Wildman–Crippen LogP) is 2.99. The van der Waals surface area contributed by atoms with Gasteiger partial charge in [0.2, 0.25) is 5.88 Å². The van der Waals surface area contributed by atoms with E-state index < -0.39 is 0 Å². The molecule has 8 heteroatoms. The highest BCUT2D eigenvalue weighted by Crippen LogP contribution is 2.36. The zero-order valence-electron chi connectivity index (χ0n) is 12.9. The average Bonchev–Trinajstić information content (AvgIpc) is 2.91. The molecule has 0 aliphatic carbocycles. The van der Waals surface area contributed by atoms with Gasteiger partial charge in [0.25, 0.3) is 11.5 Å². The fraction of sp³-hybridized carbons (Fsp3) is 0.125. The summed E-state index contributed by atoms with van der Waals surface area (Å²) in [4.78, 5) is 24.5. The van der Waals surface area contributed by atoms with Crippen molar-refractivity contribution in [2.75, 3.05) is 18.4 Å². The Balaban J connectivity index is 2.39. The summed E-state index contributed by atoms with van der Waals surface area (Å²) in [7, 11) is 3.31. The Morgan fingerprint density at radius 2 is 2.12 bits per heavy atom. The molecule has 1 N–H and O–H groups in total. The van der Waals surface area contributed by atoms with Crippen LogP contribution in [0.4, 0.5) is 5.69 Å². The first kappa shape index (κ1) is 16.7. The van der Waals surface area contributed by atoms with E-state index in [0.717, 1.165) is 10.2 Å². The molecule has 0 saturated heterocycles. The number of carbonyl (C=O) groups excluding carboxylic acids is 1. The summed E-state index contributed by atoms with van der Waals surface area (Å²) in [5, 5.41) is 3.19. The zero-order valence-corrected chi connectivity index (χ0v) is 15.4. The molecule has 3 rings (SSSR count). The van der Waals surface area contributed by atoms with Gasteiger partial charge in [0, 0.05) is 42.3 Å². The van der Waals surface area contributed by atoms with Gasteiger partial charge in [0.1, 0.15) is 11.1 Å². The number of hydrogen-bond acceptors (Lipinski definition) is 5. The monoisotopic (exact) mass is 407 g/mol. The number of halogens is 1. The van der Waals surface area contributed by atoms with Crippen LogP contribution in [0.25, 0.3) is 16.9 Å². The number of rotatable bonds is 3. The fourth-order valence-electron chi connectivity index (χ4n) is 2.45. The minimum Gasteiger partial charge on any atom is -0.439 e. The fourth-order valence-corrected chi connectivity index (χ4v) is 3.36. The summed E-state index contributed by atoms with van der Waals surface area (Å²) >= 11 is 7.76. The van der Waals surface area contributed by atoms with E-state index in [1.165, 1.54) is 17.7 Å². The van der Waals surface area contributed by atoms with Gasteiger partial charge in [-0.2, -0.15) is 0 Å². The molecule has 6 nitrogen and oxygen atoms in total. The number of thiol groups is 1. The maximum absolute atomic E-state index is 12.4. The number of pyridine rings is 1. The number of aromatic nitrogens is 1. The van der Waals surface area contributed by atoms with Crippen LogP contribution in [0.2, 0.25) is 0 Å². The van der Waals surface area contributed by atoms with Crippen LogP contribution < -0.4 is 15.2 Å². The Morgan fingerprint density at radius 3 is 2.75 bits per heavy atom. The summed E-state index contributed by atoms with van der Waals surface area (Å²) in [6, 6.07) is 8.28. The van der Waals surface area contributed by atoms with Crippen molar-refractivity contribution in [2.45, 2.75) is 0 Å². The van der Waals surface area contributed by atoms with Crippen LogP contribution in [0.1, 0.15) is 10.4 Å². The van der Waals surface area contributed by atoms with Gasteiger partial charge in [0.15, 0.2) is 0 Å². The molecule has 0 radical (unpaired) electrons. The number of furan rings is 1. The van der Waals surface area contributed by atoms with E-state index in [4.69, 9.17) is 4.42 Å². The van der Waals surface area contributed by atoms with E-state index >= 15 is 0 Å². The van der Waals surface area contributed by atoms with Gasteiger partial charge in [-0.1, -0.05) is 18.9 Å². The van der Waals surface area contributed by atoms with E-state index in [-0.39, 0.29) is 17.4 Å². The first-order valence-electron chi connectivity index (χ1n) is 7.03. The largest absolute Gasteiger partial charge is 0.439 e. The standard InChI is InChI=1S/C16H14BrN3O3S/c1-18-15(22)14-9-7-10(17)11(19(2)24)8-12(9)23-16(14)20-6-4-3-5-13(20)21/h3-8,24H,1-2H3,(H,18,22). The van der Waals surface area contributed by atoms with Crippen molar-refractivity contribution in [1.29, 1.82) is 0 Å². The van der Waals surface area contributed by atoms with Gasteiger partial charge >= 0.3 is 0 Å². The molecule has 1 aromatic carbocycles. The number of nitrogens with zero attached hydrogens (tertiary/aromatic N) is 2. The molecule has 0 bridgehead atoms. The highest BCUT2D eigenvalue weighted by atomic mass is 79.9. The maximum Gasteiger partial charge on any atom is 0.257 e. The van der Waals surface area contributed by atoms with Gasteiger partial charge in [0.05, 0.1) is 5.69 Å². The summed E-state index contributed by atoms with van der Waals surface area (Å²) in [5.41, 5.74) is 1.27. The summed E-state index contributed by atoms with van der Waals surface area (Å²) in [6.45, 7) is 0. The smallest absolute Gasteiger partial charge is 0.257 e. The van der Waals surface area contributed by atoms with Crippen LogP contribution in [0.15, 0.2) is 50.2 Å². The topological polar surface area (TPSA) is 67.5 Å². The molecule has 0 aliphatic heterocycles. The van der Waals surface area contributed by atoms with Gasteiger partial charge < -0.3 is 14.0 Å². The number of fused-ring (bicyclic) bond motifs is 1. The summed E-state index contributed by atoms with van der Waals surface area (Å²) in [5.74, 6) is -0.154. The number of amides is 1. The van der Waals surface area contributed by atoms with Crippen molar-refractivity contribution in [1.82, 2.24) is 9.88 Å². The molecule has 0 saturated carbocycles. The number of anilines is 1. The lowest BCUT2D eigenvalue weighted by Gasteiger charge is -2.12. The molecule has 0 fully saturated rings. The molecule has 0 aliphatic rings. The van der Waals surface area contributed by atoms with Gasteiger partial charge in [-0.05, 0) is 28.1 Å². The highest BCUT2D eigenvalue weighted by molar-refractivity contribution is 9.10. The molecule has 1 amide bonds. The Bertz CT molecular complexity index is 994. The first-order chi connectivity index (χ1) is 11.4. The Hall–Kier alpha value is -2.19. The molecule has 124 valence electrons. The lowest BCUT2D eigenvalue weighted by Crippen LogP contribution is -2.22. The van der Waals surface area contributed by atoms with E-state index in [9.17, 15) is 9.59 Å². The average molecular weight is 408 g/mol. The molecule has 2 aromatic heterocycles. The molecule has 3 aromatic rings. The van der Waals surface area contributed by atoms with Crippen molar-refractivity contribution >= 4 is 51.3 Å². The van der Waals surface area contributed by atoms with Crippen LogP contribution in [-0.4, -0.2) is 24.6 Å². The number of hydrogen-bond donors (Lipinski definition) is 2. The molecule has 2 heterocycles. The van der Waals surface area contributed by atoms with Gasteiger partial charge in [-0.15, -0.1) is 0 Å². The Kier molecular flexibility index (Phi) is 4.42. The number of nitrogens with one attached hydrogen (secondary N) is 1. The molecule has 24 heavy (non-hydrogen) atoms. The first-order valence-corrected chi connectivity index (χ1v) is 8.22. The summed E-state index contributed by atoms with van der Waals surface area (Å²) in [6.07, 6.45) is 1.56. The minimum absolute atomic E-state index is 0.181. The zero-order chi connectivity index (χ0) is 17.4. The molecular formula is C16H14BrN3O3S. The van der Waals surface area contributed by atoms with Crippen LogP contribution in [-0.2, 0) is 0 Å². The van der Waals surface area contributed by atoms with Crippen molar-refractivity contribution in [3.8, 4) is 5.88 Å². The number of carbonyl (C=O) groups is 1. The van der Waals surface area contributed by atoms with Crippen LogP contribution >= 0.6 is 28.7 Å². The van der Waals surface area contributed by atoms with E-state index in [1.54, 1.807) is 41.8 Å². The third-order valence-corrected chi connectivity index (χ3v) is 4.43. The Labute approximate surface area is 151 Å². The predicted molar refractivity (Wildman–Crippen MR) is 100 cm³/mol. The molecule has 0 unspecified atom stereocenters. The van der Waals surface area contributed by atoms with E-state index in [0.29, 0.717) is 16.5 Å². The van der Waals surface area contributed by atoms with Crippen LogP contribution in [0.3, 0.4) is 0 Å². The second-order valence-corrected chi connectivity index (χ2v) is 6.55. The number of benzene rings is 1. The second kappa shape index (κ2) is 6.37. The minimum atomic E-state index is -0.335. The van der Waals surface area contributed by atoms with E-state index in [1.807, 2.05) is 0 Å². The SMILES string of the molecule is CNC(=O)c1c(-n2ccccc2=O)oc2cc(N(C)S)c(Br)cc12. The molecule has 0 spiro atoms. The quantitative estimate of drug-likeness (QED) is 0.654. The maximum atomic E-state index is 12.4. The van der Waals surface area contributed by atoms with Gasteiger partial charge in [-0.25, -0.2) is 0 Å². The lowest BCUT2D eigenvalue weighted by molar-refractivity contribution is 0.0964. The molecular weight excluding hydrogens is 394 g/mol. The third-order valence-electron chi connectivity index (χ3n) is 3.58. The normalized spacial score (nSPS) is 10.8. The van der Waals surface area contributed by atoms with Crippen molar-refractivity contribution in [3.63, 3.8) is 0 Å². The van der Waals surface area contributed by atoms with Crippen LogP contribution in [0, 0.1) is 0 Å². The van der Waals surface area contributed by atoms with Crippen molar-refractivity contribution in [3.05, 3.63) is 56.9 Å². The second-order valence-electron chi connectivity index (χ2n) is 5.09. The Morgan fingerprint density at radius 1 is 1.38 bits per heavy atom. The van der Waals surface area contributed by atoms with Crippen LogP contribution in [0.5, 0.6) is 0 Å². The lowest BCUT2D eigenvalue weighted by atomic mass is 10.1. The highest BCUT2D eigenvalue weighted by Gasteiger charge is 2.23. The van der Waals surface area contributed by atoms with Crippen molar-refractivity contribution in [2.24, 2.45) is 0 Å². The van der Waals surface area contributed by atoms with Gasteiger partial charge in [-0.3, -0.25) is 14.2 Å². The van der Waals surface area contributed by atoms with E-state index in [2.05, 4.69) is 34.1 Å². The van der Waals surface area contributed by atoms with Crippen molar-refractivity contribution < 1.29 is 9.21 Å². The third kappa shape index (κ3) is 2.71. The summed E-state index contributed by atoms with van der Waals surface area (Å²) < 4.78 is 9.54. The molecule has 0 atom stereocenters.